The summed E-state index contributed by atoms with van der Waals surface area (Å²) in [5.74, 6) is -2.41. The molecule has 0 atom stereocenters. The predicted octanol–water partition coefficient (Wildman–Crippen LogP) is 1.48. The molecule has 21 heavy (non-hydrogen) atoms. The van der Waals surface area contributed by atoms with Crippen molar-refractivity contribution < 1.29 is 23.8 Å². The molecule has 0 aliphatic carbocycles. The molecule has 0 spiro atoms. The number of esters is 2. The third kappa shape index (κ3) is 5.02. The molecule has 0 unspecified atom stereocenters. The van der Waals surface area contributed by atoms with E-state index in [9.17, 15) is 9.59 Å². The summed E-state index contributed by atoms with van der Waals surface area (Å²) in [7, 11) is 0. The van der Waals surface area contributed by atoms with Gasteiger partial charge in [0, 0.05) is 0 Å². The summed E-state index contributed by atoms with van der Waals surface area (Å²) in [6.07, 6.45) is 3.56. The van der Waals surface area contributed by atoms with Crippen molar-refractivity contribution in [2.75, 3.05) is 19.8 Å². The molecule has 0 amide bonds. The molecule has 1 rings (SSSR count). The van der Waals surface area contributed by atoms with Crippen LogP contribution in [0.3, 0.4) is 0 Å². The molecular weight excluding hydrogens is 276 g/mol. The van der Waals surface area contributed by atoms with Crippen LogP contribution in [0.15, 0.2) is 12.4 Å². The number of aromatic nitrogens is 2. The van der Waals surface area contributed by atoms with Gasteiger partial charge in [0.1, 0.15) is 0 Å². The monoisotopic (exact) mass is 296 g/mol. The summed E-state index contributed by atoms with van der Waals surface area (Å²) in [6.45, 7) is 6.07. The second-order valence-electron chi connectivity index (χ2n) is 4.07. The van der Waals surface area contributed by atoms with Gasteiger partial charge in [0.2, 0.25) is 5.88 Å². The van der Waals surface area contributed by atoms with E-state index < -0.39 is 17.9 Å². The minimum atomic E-state index is -1.25. The topological polar surface area (TPSA) is 87.6 Å². The fourth-order valence-corrected chi connectivity index (χ4v) is 1.57. The van der Waals surface area contributed by atoms with E-state index in [4.69, 9.17) is 14.2 Å². The van der Waals surface area contributed by atoms with Crippen LogP contribution < -0.4 is 4.74 Å². The maximum Gasteiger partial charge on any atom is 0.326 e. The third-order valence-corrected chi connectivity index (χ3v) is 2.43. The van der Waals surface area contributed by atoms with Gasteiger partial charge < -0.3 is 14.2 Å². The summed E-state index contributed by atoms with van der Waals surface area (Å²) in [5.41, 5.74) is 0.153. The molecule has 0 aliphatic heterocycles. The van der Waals surface area contributed by atoms with Gasteiger partial charge in [-0.3, -0.25) is 14.6 Å². The first-order chi connectivity index (χ1) is 10.1. The van der Waals surface area contributed by atoms with Crippen molar-refractivity contribution in [2.45, 2.75) is 33.1 Å². The molecule has 0 fully saturated rings. The molecule has 0 saturated heterocycles. The molecule has 0 saturated carbocycles. The van der Waals surface area contributed by atoms with Gasteiger partial charge in [-0.2, -0.15) is 0 Å². The quantitative estimate of drug-likeness (QED) is 0.530. The Morgan fingerprint density at radius 3 is 2.24 bits per heavy atom. The van der Waals surface area contributed by atoms with Gasteiger partial charge in [0.25, 0.3) is 0 Å². The maximum absolute atomic E-state index is 12.0. The molecule has 0 N–H and O–H groups in total. The van der Waals surface area contributed by atoms with Crippen molar-refractivity contribution in [3.8, 4) is 5.88 Å². The zero-order valence-electron chi connectivity index (χ0n) is 12.5. The summed E-state index contributed by atoms with van der Waals surface area (Å²) < 4.78 is 15.1. The van der Waals surface area contributed by atoms with E-state index in [0.717, 1.165) is 6.42 Å². The third-order valence-electron chi connectivity index (χ3n) is 2.43. The Kier molecular flexibility index (Phi) is 7.14. The van der Waals surface area contributed by atoms with Crippen LogP contribution in [0.2, 0.25) is 0 Å². The highest BCUT2D eigenvalue weighted by Crippen LogP contribution is 2.19. The Labute approximate surface area is 123 Å². The van der Waals surface area contributed by atoms with Crippen molar-refractivity contribution >= 4 is 11.9 Å². The average Bonchev–Trinajstić information content (AvgIpc) is 2.46. The molecule has 1 heterocycles. The number of ether oxygens (including phenoxy) is 3. The Balaban J connectivity index is 3.01. The van der Waals surface area contributed by atoms with Gasteiger partial charge in [0.15, 0.2) is 5.92 Å². The van der Waals surface area contributed by atoms with Gasteiger partial charge in [0.05, 0.1) is 37.9 Å². The smallest absolute Gasteiger partial charge is 0.326 e. The summed E-state index contributed by atoms with van der Waals surface area (Å²) >= 11 is 0. The van der Waals surface area contributed by atoms with Crippen LogP contribution in [0.25, 0.3) is 0 Å². The highest BCUT2D eigenvalue weighted by atomic mass is 16.6. The first kappa shape index (κ1) is 16.9. The minimum absolute atomic E-state index is 0.153. The van der Waals surface area contributed by atoms with Crippen LogP contribution >= 0.6 is 0 Å². The van der Waals surface area contributed by atoms with Crippen LogP contribution in [0.4, 0.5) is 0 Å². The molecule has 0 aliphatic rings. The van der Waals surface area contributed by atoms with Crippen LogP contribution in [0, 0.1) is 0 Å². The molecular formula is C14H20N2O5. The number of hydrogen-bond donors (Lipinski definition) is 0. The van der Waals surface area contributed by atoms with E-state index in [1.165, 1.54) is 12.4 Å². The first-order valence-corrected chi connectivity index (χ1v) is 6.91. The van der Waals surface area contributed by atoms with Crippen molar-refractivity contribution in [3.05, 3.63) is 18.1 Å². The minimum Gasteiger partial charge on any atom is -0.477 e. The Morgan fingerprint density at radius 2 is 1.71 bits per heavy atom. The van der Waals surface area contributed by atoms with Gasteiger partial charge in [-0.05, 0) is 20.3 Å². The van der Waals surface area contributed by atoms with Crippen LogP contribution in [0.5, 0.6) is 5.88 Å². The second-order valence-corrected chi connectivity index (χ2v) is 4.07. The van der Waals surface area contributed by atoms with E-state index in [-0.39, 0.29) is 24.8 Å². The highest BCUT2D eigenvalue weighted by Gasteiger charge is 2.33. The summed E-state index contributed by atoms with van der Waals surface area (Å²) in [6, 6.07) is 0. The number of hydrogen-bond acceptors (Lipinski definition) is 7. The van der Waals surface area contributed by atoms with Crippen LogP contribution in [-0.4, -0.2) is 41.7 Å². The van der Waals surface area contributed by atoms with E-state index in [0.29, 0.717) is 6.61 Å². The van der Waals surface area contributed by atoms with Crippen LogP contribution in [-0.2, 0) is 19.1 Å². The molecule has 7 nitrogen and oxygen atoms in total. The van der Waals surface area contributed by atoms with Crippen molar-refractivity contribution in [3.63, 3.8) is 0 Å². The fourth-order valence-electron chi connectivity index (χ4n) is 1.57. The van der Waals surface area contributed by atoms with E-state index in [2.05, 4.69) is 9.97 Å². The SMILES string of the molecule is CCCOc1cncc(C(C(=O)OCC)C(=O)OCC)n1. The van der Waals surface area contributed by atoms with Crippen LogP contribution in [0.1, 0.15) is 38.8 Å². The Hall–Kier alpha value is -2.18. The fraction of sp³-hybridized carbons (Fsp3) is 0.571. The van der Waals surface area contributed by atoms with Gasteiger partial charge in [-0.15, -0.1) is 0 Å². The first-order valence-electron chi connectivity index (χ1n) is 6.91. The standard InChI is InChI=1S/C14H20N2O5/c1-4-7-21-11-9-15-8-10(16-11)12(13(17)19-5-2)14(18)20-6-3/h8-9,12H,4-7H2,1-3H3. The van der Waals surface area contributed by atoms with E-state index in [1.54, 1.807) is 13.8 Å². The molecule has 0 aromatic carbocycles. The Morgan fingerprint density at radius 1 is 1.10 bits per heavy atom. The predicted molar refractivity (Wildman–Crippen MR) is 73.8 cm³/mol. The zero-order chi connectivity index (χ0) is 15.7. The summed E-state index contributed by atoms with van der Waals surface area (Å²) in [4.78, 5) is 32.0. The van der Waals surface area contributed by atoms with E-state index in [1.807, 2.05) is 6.92 Å². The van der Waals surface area contributed by atoms with Crippen molar-refractivity contribution in [1.29, 1.82) is 0 Å². The largest absolute Gasteiger partial charge is 0.477 e. The van der Waals surface area contributed by atoms with Gasteiger partial charge >= 0.3 is 11.9 Å². The summed E-state index contributed by atoms with van der Waals surface area (Å²) in [5, 5.41) is 0. The molecule has 7 heteroatoms. The number of carbonyl (C=O) groups is 2. The lowest BCUT2D eigenvalue weighted by Crippen LogP contribution is -2.27. The highest BCUT2D eigenvalue weighted by molar-refractivity contribution is 6.00. The van der Waals surface area contributed by atoms with Crippen molar-refractivity contribution in [1.82, 2.24) is 9.97 Å². The maximum atomic E-state index is 12.0. The van der Waals surface area contributed by atoms with Gasteiger partial charge in [-0.25, -0.2) is 4.98 Å². The number of rotatable bonds is 8. The van der Waals surface area contributed by atoms with E-state index >= 15 is 0 Å². The molecule has 0 bridgehead atoms. The van der Waals surface area contributed by atoms with Crippen molar-refractivity contribution in [2.24, 2.45) is 0 Å². The lowest BCUT2D eigenvalue weighted by molar-refractivity contribution is -0.157. The second kappa shape index (κ2) is 8.89. The average molecular weight is 296 g/mol. The normalized spacial score (nSPS) is 10.3. The lowest BCUT2D eigenvalue weighted by atomic mass is 10.1. The lowest BCUT2D eigenvalue weighted by Gasteiger charge is -2.14. The number of nitrogens with zero attached hydrogens (tertiary/aromatic N) is 2. The zero-order valence-corrected chi connectivity index (χ0v) is 12.5. The molecule has 0 radical (unpaired) electrons. The Bertz CT molecular complexity index is 460. The molecule has 1 aromatic rings. The molecule has 116 valence electrons. The number of carbonyl (C=O) groups excluding carboxylic acids is 2. The molecule has 1 aromatic heterocycles. The van der Waals surface area contributed by atoms with Gasteiger partial charge in [-0.1, -0.05) is 6.92 Å².